The first-order chi connectivity index (χ1) is 13.4. The largest absolute Gasteiger partial charge is 0.497 e. The lowest BCUT2D eigenvalue weighted by Gasteiger charge is -2.26. The maximum atomic E-state index is 5.26. The molecule has 7 nitrogen and oxygen atoms in total. The van der Waals surface area contributed by atoms with Crippen molar-refractivity contribution in [3.63, 3.8) is 0 Å². The molecule has 0 aliphatic rings. The van der Waals surface area contributed by atoms with Gasteiger partial charge < -0.3 is 20.3 Å². The summed E-state index contributed by atoms with van der Waals surface area (Å²) in [4.78, 5) is 6.54. The third kappa shape index (κ3) is 6.27. The molecular formula is C21H34N6O. The molecule has 1 atom stereocenters. The number of hydrogen-bond donors (Lipinski definition) is 2. The molecule has 0 aliphatic heterocycles. The number of nitrogens with zero attached hydrogens (tertiary/aromatic N) is 4. The summed E-state index contributed by atoms with van der Waals surface area (Å²) in [7, 11) is 7.65. The monoisotopic (exact) mass is 386 g/mol. The molecule has 1 aromatic heterocycles. The van der Waals surface area contributed by atoms with Crippen LogP contribution in [-0.4, -0.2) is 62.0 Å². The van der Waals surface area contributed by atoms with E-state index in [1.54, 1.807) is 14.2 Å². The van der Waals surface area contributed by atoms with E-state index in [9.17, 15) is 0 Å². The van der Waals surface area contributed by atoms with Crippen LogP contribution >= 0.6 is 0 Å². The Kier molecular flexibility index (Phi) is 8.32. The minimum Gasteiger partial charge on any atom is -0.497 e. The number of hydrogen-bond acceptors (Lipinski definition) is 4. The van der Waals surface area contributed by atoms with Gasteiger partial charge in [-0.3, -0.25) is 9.67 Å². The predicted molar refractivity (Wildman–Crippen MR) is 115 cm³/mol. The van der Waals surface area contributed by atoms with E-state index in [0.717, 1.165) is 43.5 Å². The summed E-state index contributed by atoms with van der Waals surface area (Å²) in [5, 5.41) is 11.3. The minimum atomic E-state index is 0.235. The number of benzene rings is 1. The molecule has 0 aliphatic carbocycles. The van der Waals surface area contributed by atoms with Crippen LogP contribution in [0.25, 0.3) is 0 Å². The summed E-state index contributed by atoms with van der Waals surface area (Å²) in [5.41, 5.74) is 3.50. The van der Waals surface area contributed by atoms with Gasteiger partial charge in [-0.1, -0.05) is 12.1 Å². The van der Waals surface area contributed by atoms with Crippen LogP contribution < -0.4 is 15.4 Å². The number of guanidine groups is 1. The lowest BCUT2D eigenvalue weighted by Crippen LogP contribution is -2.42. The van der Waals surface area contributed by atoms with Gasteiger partial charge in [0.1, 0.15) is 5.75 Å². The molecule has 0 radical (unpaired) electrons. The summed E-state index contributed by atoms with van der Waals surface area (Å²) in [6.45, 7) is 6.62. The summed E-state index contributed by atoms with van der Waals surface area (Å²) < 4.78 is 7.31. The fraction of sp³-hybridized carbons (Fsp3) is 0.524. The number of ether oxygens (including phenoxy) is 1. The Morgan fingerprint density at radius 2 is 1.93 bits per heavy atom. The number of aromatic nitrogens is 2. The number of rotatable bonds is 9. The molecule has 0 spiro atoms. The molecule has 0 saturated carbocycles. The highest BCUT2D eigenvalue weighted by Gasteiger charge is 2.14. The van der Waals surface area contributed by atoms with E-state index in [1.807, 2.05) is 19.1 Å². The number of methoxy groups -OCH3 is 1. The van der Waals surface area contributed by atoms with Crippen molar-refractivity contribution in [2.45, 2.75) is 32.9 Å². The Morgan fingerprint density at radius 3 is 2.46 bits per heavy atom. The summed E-state index contributed by atoms with van der Waals surface area (Å²) in [5.74, 6) is 1.68. The van der Waals surface area contributed by atoms with E-state index in [1.165, 1.54) is 11.3 Å². The Balaban J connectivity index is 1.82. The SMILES string of the molecule is CN=C(NCCCn1nc(C)cc1C)NCC(c1ccc(OC)cc1)N(C)C. The minimum absolute atomic E-state index is 0.235. The van der Waals surface area contributed by atoms with Crippen molar-refractivity contribution < 1.29 is 4.74 Å². The van der Waals surface area contributed by atoms with Crippen LogP contribution in [0.2, 0.25) is 0 Å². The van der Waals surface area contributed by atoms with Gasteiger partial charge in [-0.05, 0) is 58.1 Å². The molecule has 2 N–H and O–H groups in total. The van der Waals surface area contributed by atoms with Gasteiger partial charge >= 0.3 is 0 Å². The van der Waals surface area contributed by atoms with Gasteiger partial charge in [-0.25, -0.2) is 0 Å². The van der Waals surface area contributed by atoms with Crippen LogP contribution in [0.4, 0.5) is 0 Å². The van der Waals surface area contributed by atoms with Gasteiger partial charge in [0.15, 0.2) is 5.96 Å². The summed E-state index contributed by atoms with van der Waals surface area (Å²) in [6, 6.07) is 10.6. The molecule has 1 unspecified atom stereocenters. The highest BCUT2D eigenvalue weighted by Crippen LogP contribution is 2.20. The van der Waals surface area contributed by atoms with Gasteiger partial charge in [-0.2, -0.15) is 5.10 Å². The molecular weight excluding hydrogens is 352 g/mol. The van der Waals surface area contributed by atoms with E-state index in [-0.39, 0.29) is 6.04 Å². The Hall–Kier alpha value is -2.54. The predicted octanol–water partition coefficient (Wildman–Crippen LogP) is 2.37. The smallest absolute Gasteiger partial charge is 0.191 e. The van der Waals surface area contributed by atoms with Crippen LogP contribution in [0.15, 0.2) is 35.3 Å². The fourth-order valence-electron chi connectivity index (χ4n) is 3.18. The summed E-state index contributed by atoms with van der Waals surface area (Å²) in [6.07, 6.45) is 0.984. The van der Waals surface area contributed by atoms with Crippen LogP contribution in [0.3, 0.4) is 0 Å². The number of aliphatic imine (C=N–C) groups is 1. The maximum Gasteiger partial charge on any atom is 0.191 e. The van der Waals surface area contributed by atoms with E-state index in [0.29, 0.717) is 0 Å². The first-order valence-corrected chi connectivity index (χ1v) is 9.70. The van der Waals surface area contributed by atoms with Crippen molar-refractivity contribution in [1.82, 2.24) is 25.3 Å². The van der Waals surface area contributed by atoms with E-state index in [2.05, 4.69) is 69.5 Å². The molecule has 0 amide bonds. The second-order valence-electron chi connectivity index (χ2n) is 7.14. The Labute approximate surface area is 168 Å². The maximum absolute atomic E-state index is 5.26. The van der Waals surface area contributed by atoms with Crippen LogP contribution in [0, 0.1) is 13.8 Å². The standard InChI is InChI=1S/C21H34N6O/c1-16-14-17(2)27(25-16)13-7-12-23-21(22-3)24-15-20(26(4)5)18-8-10-19(28-6)11-9-18/h8-11,14,20H,7,12-13,15H2,1-6H3,(H2,22,23,24). The first kappa shape index (κ1) is 21.8. The average molecular weight is 387 g/mol. The normalized spacial score (nSPS) is 12.9. The molecule has 2 rings (SSSR count). The molecule has 2 aromatic rings. The quantitative estimate of drug-likeness (QED) is 0.393. The first-order valence-electron chi connectivity index (χ1n) is 9.70. The molecule has 0 fully saturated rings. The number of likely N-dealkylation sites (N-methyl/N-ethyl adjacent to an activating group) is 1. The number of aryl methyl sites for hydroxylation is 3. The van der Waals surface area contributed by atoms with Crippen molar-refractivity contribution in [2.24, 2.45) is 4.99 Å². The Bertz CT molecular complexity index is 751. The van der Waals surface area contributed by atoms with Gasteiger partial charge in [0.25, 0.3) is 0 Å². The van der Waals surface area contributed by atoms with Gasteiger partial charge in [0.2, 0.25) is 0 Å². The van der Waals surface area contributed by atoms with Gasteiger partial charge in [-0.15, -0.1) is 0 Å². The Morgan fingerprint density at radius 1 is 1.21 bits per heavy atom. The molecule has 28 heavy (non-hydrogen) atoms. The summed E-state index contributed by atoms with van der Waals surface area (Å²) >= 11 is 0. The van der Waals surface area contributed by atoms with Crippen molar-refractivity contribution in [1.29, 1.82) is 0 Å². The second-order valence-corrected chi connectivity index (χ2v) is 7.14. The zero-order valence-electron chi connectivity index (χ0n) is 18.0. The van der Waals surface area contributed by atoms with E-state index >= 15 is 0 Å². The fourth-order valence-corrected chi connectivity index (χ4v) is 3.18. The molecule has 0 bridgehead atoms. The van der Waals surface area contributed by atoms with Crippen LogP contribution in [-0.2, 0) is 6.54 Å². The molecule has 1 aromatic carbocycles. The van der Waals surface area contributed by atoms with E-state index < -0.39 is 0 Å². The average Bonchev–Trinajstić information content (AvgIpc) is 3.00. The number of nitrogens with one attached hydrogen (secondary N) is 2. The zero-order valence-corrected chi connectivity index (χ0v) is 18.0. The van der Waals surface area contributed by atoms with Crippen molar-refractivity contribution in [3.05, 3.63) is 47.3 Å². The van der Waals surface area contributed by atoms with Crippen molar-refractivity contribution >= 4 is 5.96 Å². The van der Waals surface area contributed by atoms with Crippen LogP contribution in [0.5, 0.6) is 5.75 Å². The lowest BCUT2D eigenvalue weighted by molar-refractivity contribution is 0.298. The van der Waals surface area contributed by atoms with Gasteiger partial charge in [0.05, 0.1) is 18.8 Å². The lowest BCUT2D eigenvalue weighted by atomic mass is 10.1. The zero-order chi connectivity index (χ0) is 20.5. The topological polar surface area (TPSA) is 66.7 Å². The third-order valence-corrected chi connectivity index (χ3v) is 4.75. The highest BCUT2D eigenvalue weighted by molar-refractivity contribution is 5.79. The van der Waals surface area contributed by atoms with E-state index in [4.69, 9.17) is 4.74 Å². The van der Waals surface area contributed by atoms with Crippen molar-refractivity contribution in [3.8, 4) is 5.75 Å². The molecule has 154 valence electrons. The molecule has 1 heterocycles. The highest BCUT2D eigenvalue weighted by atomic mass is 16.5. The van der Waals surface area contributed by atoms with Crippen molar-refractivity contribution in [2.75, 3.05) is 41.3 Å². The van der Waals surface area contributed by atoms with Gasteiger partial charge in [0, 0.05) is 32.4 Å². The second kappa shape index (κ2) is 10.7. The molecule has 0 saturated heterocycles. The molecule has 7 heteroatoms. The third-order valence-electron chi connectivity index (χ3n) is 4.75. The van der Waals surface area contributed by atoms with Crippen LogP contribution in [0.1, 0.15) is 29.4 Å².